The van der Waals surface area contributed by atoms with Crippen LogP contribution in [-0.2, 0) is 4.84 Å². The van der Waals surface area contributed by atoms with E-state index in [4.69, 9.17) is 19.5 Å². The monoisotopic (exact) mass is 378 g/mol. The third kappa shape index (κ3) is 3.59. The van der Waals surface area contributed by atoms with Crippen molar-refractivity contribution in [3.63, 3.8) is 0 Å². The number of rotatable bonds is 5. The van der Waals surface area contributed by atoms with E-state index in [1.165, 1.54) is 0 Å². The number of fused-ring (bicyclic) bond motifs is 1. The molecule has 0 aromatic carbocycles. The van der Waals surface area contributed by atoms with E-state index >= 15 is 0 Å². The van der Waals surface area contributed by atoms with Crippen LogP contribution >= 0.6 is 11.3 Å². The molecule has 1 aliphatic heterocycles. The number of thiazole rings is 1. The van der Waals surface area contributed by atoms with Crippen LogP contribution in [0.5, 0.6) is 5.75 Å². The molecule has 0 fully saturated rings. The van der Waals surface area contributed by atoms with Crippen molar-refractivity contribution in [2.45, 2.75) is 13.3 Å². The summed E-state index contributed by atoms with van der Waals surface area (Å²) in [5.74, 6) is 0.723. The fourth-order valence-electron chi connectivity index (χ4n) is 2.78. The van der Waals surface area contributed by atoms with E-state index in [2.05, 4.69) is 16.7 Å². The summed E-state index contributed by atoms with van der Waals surface area (Å²) >= 11 is 1.60. The van der Waals surface area contributed by atoms with Crippen molar-refractivity contribution in [2.75, 3.05) is 13.2 Å². The quantitative estimate of drug-likeness (QED) is 0.377. The van der Waals surface area contributed by atoms with E-state index in [-0.39, 0.29) is 0 Å². The molecule has 4 heterocycles. The second kappa shape index (κ2) is 7.67. The Morgan fingerprint density at radius 3 is 3.07 bits per heavy atom. The lowest BCUT2D eigenvalue weighted by molar-refractivity contribution is 0.172. The maximum Gasteiger partial charge on any atom is 0.147 e. The highest BCUT2D eigenvalue weighted by Crippen LogP contribution is 2.36. The number of aromatic nitrogens is 3. The number of hydrogen-bond donors (Lipinski definition) is 0. The molecule has 0 atom stereocenters. The maximum atomic E-state index is 5.72. The number of nitrogens with zero attached hydrogens (tertiary/aromatic N) is 4. The predicted molar refractivity (Wildman–Crippen MR) is 106 cm³/mol. The van der Waals surface area contributed by atoms with Crippen molar-refractivity contribution in [1.82, 2.24) is 15.0 Å². The Labute approximate surface area is 161 Å². The minimum atomic E-state index is 0.363. The van der Waals surface area contributed by atoms with E-state index in [0.717, 1.165) is 44.0 Å². The molecule has 0 saturated carbocycles. The number of pyridine rings is 2. The van der Waals surface area contributed by atoms with E-state index in [9.17, 15) is 0 Å². The van der Waals surface area contributed by atoms with Gasteiger partial charge in [-0.15, -0.1) is 11.3 Å². The molecular weight excluding hydrogens is 360 g/mol. The van der Waals surface area contributed by atoms with Gasteiger partial charge in [0.2, 0.25) is 0 Å². The molecule has 0 saturated heterocycles. The molecule has 0 unspecified atom stereocenters. The van der Waals surface area contributed by atoms with Crippen LogP contribution in [-0.4, -0.2) is 33.9 Å². The van der Waals surface area contributed by atoms with Crippen LogP contribution in [0.3, 0.4) is 0 Å². The first kappa shape index (κ1) is 17.4. The van der Waals surface area contributed by atoms with Gasteiger partial charge in [0.05, 0.1) is 22.9 Å². The van der Waals surface area contributed by atoms with Crippen molar-refractivity contribution in [3.05, 3.63) is 60.7 Å². The van der Waals surface area contributed by atoms with Gasteiger partial charge >= 0.3 is 0 Å². The van der Waals surface area contributed by atoms with Gasteiger partial charge in [-0.2, -0.15) is 0 Å². The van der Waals surface area contributed by atoms with Crippen LogP contribution in [0.15, 0.2) is 54.5 Å². The number of ether oxygens (including phenoxy) is 1. The highest BCUT2D eigenvalue weighted by molar-refractivity contribution is 7.18. The molecular formula is C20H18N4O2S. The summed E-state index contributed by atoms with van der Waals surface area (Å²) in [6, 6.07) is 7.81. The van der Waals surface area contributed by atoms with Crippen LogP contribution in [0.25, 0.3) is 21.1 Å². The largest absolute Gasteiger partial charge is 0.491 e. The molecule has 3 aromatic heterocycles. The minimum absolute atomic E-state index is 0.363. The summed E-state index contributed by atoms with van der Waals surface area (Å²) in [4.78, 5) is 20.0. The minimum Gasteiger partial charge on any atom is -0.491 e. The van der Waals surface area contributed by atoms with Crippen molar-refractivity contribution in [3.8, 4) is 26.9 Å². The van der Waals surface area contributed by atoms with Crippen molar-refractivity contribution < 1.29 is 9.57 Å². The Kier molecular flexibility index (Phi) is 4.93. The summed E-state index contributed by atoms with van der Waals surface area (Å²) in [5, 5.41) is 5.13. The van der Waals surface area contributed by atoms with Crippen LogP contribution in [0.1, 0.15) is 17.8 Å². The van der Waals surface area contributed by atoms with E-state index < -0.39 is 0 Å². The molecule has 0 bridgehead atoms. The zero-order valence-electron chi connectivity index (χ0n) is 14.9. The molecule has 0 N–H and O–H groups in total. The first-order valence-corrected chi connectivity index (χ1v) is 9.40. The van der Waals surface area contributed by atoms with Gasteiger partial charge < -0.3 is 9.57 Å². The van der Waals surface area contributed by atoms with E-state index in [0.29, 0.717) is 19.6 Å². The highest BCUT2D eigenvalue weighted by atomic mass is 32.1. The second-order valence-electron chi connectivity index (χ2n) is 5.94. The average Bonchev–Trinajstić information content (AvgIpc) is 3.10. The fraction of sp³-hybridized carbons (Fsp3) is 0.200. The molecule has 0 amide bonds. The van der Waals surface area contributed by atoms with Gasteiger partial charge in [0.1, 0.15) is 28.8 Å². The summed E-state index contributed by atoms with van der Waals surface area (Å²) in [6.45, 7) is 6.55. The van der Waals surface area contributed by atoms with E-state index in [1.54, 1.807) is 23.6 Å². The highest BCUT2D eigenvalue weighted by Gasteiger charge is 2.21. The van der Waals surface area contributed by atoms with Crippen molar-refractivity contribution in [1.29, 1.82) is 0 Å². The molecule has 3 aromatic rings. The molecule has 4 rings (SSSR count). The van der Waals surface area contributed by atoms with Gasteiger partial charge in [-0.05, 0) is 31.2 Å². The molecule has 1 aliphatic rings. The average molecular weight is 378 g/mol. The van der Waals surface area contributed by atoms with Gasteiger partial charge in [0.25, 0.3) is 0 Å². The topological polar surface area (TPSA) is 69.5 Å². The van der Waals surface area contributed by atoms with Crippen molar-refractivity contribution >= 4 is 17.0 Å². The Hall–Kier alpha value is -3.06. The number of oxime groups is 1. The second-order valence-corrected chi connectivity index (χ2v) is 6.94. The number of aryl methyl sites for hydroxylation is 1. The molecule has 0 aliphatic carbocycles. The first-order chi connectivity index (χ1) is 13.3. The number of hydrogen-bond acceptors (Lipinski definition) is 7. The summed E-state index contributed by atoms with van der Waals surface area (Å²) < 4.78 is 5.72. The molecule has 0 radical (unpaired) electrons. The Balaban J connectivity index is 1.72. The van der Waals surface area contributed by atoms with Crippen LogP contribution in [0.2, 0.25) is 0 Å². The molecule has 6 nitrogen and oxygen atoms in total. The zero-order valence-corrected chi connectivity index (χ0v) is 15.7. The van der Waals surface area contributed by atoms with Gasteiger partial charge in [-0.1, -0.05) is 17.8 Å². The Bertz CT molecular complexity index is 998. The lowest BCUT2D eigenvalue weighted by Crippen LogP contribution is -2.18. The fourth-order valence-corrected chi connectivity index (χ4v) is 3.80. The van der Waals surface area contributed by atoms with Gasteiger partial charge in [-0.25, -0.2) is 9.97 Å². The Morgan fingerprint density at radius 1 is 1.33 bits per heavy atom. The molecule has 7 heteroatoms. The van der Waals surface area contributed by atoms with Gasteiger partial charge in [0, 0.05) is 24.4 Å². The lowest BCUT2D eigenvalue weighted by Gasteiger charge is -2.18. The molecule has 0 spiro atoms. The molecule has 136 valence electrons. The predicted octanol–water partition coefficient (Wildman–Crippen LogP) is 4.26. The van der Waals surface area contributed by atoms with Crippen LogP contribution < -0.4 is 4.74 Å². The summed E-state index contributed by atoms with van der Waals surface area (Å²) in [7, 11) is 0. The first-order valence-electron chi connectivity index (χ1n) is 8.58. The lowest BCUT2D eigenvalue weighted by atomic mass is 10.1. The summed E-state index contributed by atoms with van der Waals surface area (Å²) in [5.41, 5.74) is 4.29. The smallest absolute Gasteiger partial charge is 0.147 e. The Morgan fingerprint density at radius 2 is 2.26 bits per heavy atom. The standard InChI is InChI=1S/C20H18N4O2S/c1-3-10-26-24-15-8-11-25-17-7-6-16(23-18(15)17)19-13(2)22-20(27-19)14-5-4-9-21-12-14/h3-7,9,12H,1,8,10-11H2,2H3. The SMILES string of the molecule is C=CCON=C1CCOc2ccc(-c3sc(-c4cccnc4)nc3C)nc21. The van der Waals surface area contributed by atoms with Crippen LogP contribution in [0.4, 0.5) is 0 Å². The van der Waals surface area contributed by atoms with Crippen molar-refractivity contribution in [2.24, 2.45) is 5.16 Å². The van der Waals surface area contributed by atoms with Crippen LogP contribution in [0, 0.1) is 6.92 Å². The maximum absolute atomic E-state index is 5.72. The van der Waals surface area contributed by atoms with Gasteiger partial charge in [-0.3, -0.25) is 4.98 Å². The normalized spacial score (nSPS) is 14.5. The third-order valence-electron chi connectivity index (χ3n) is 4.03. The zero-order chi connectivity index (χ0) is 18.6. The third-order valence-corrected chi connectivity index (χ3v) is 5.26. The van der Waals surface area contributed by atoms with E-state index in [1.807, 2.05) is 37.4 Å². The van der Waals surface area contributed by atoms with Gasteiger partial charge in [0.15, 0.2) is 0 Å². The molecule has 27 heavy (non-hydrogen) atoms. The summed E-state index contributed by atoms with van der Waals surface area (Å²) in [6.07, 6.45) is 5.89.